The summed E-state index contributed by atoms with van der Waals surface area (Å²) in [4.78, 5) is 15.3. The van der Waals surface area contributed by atoms with E-state index in [1.807, 2.05) is 30.3 Å². The number of rotatable bonds is 3. The molecule has 136 valence electrons. The highest BCUT2D eigenvalue weighted by molar-refractivity contribution is 5.94. The molecule has 25 heavy (non-hydrogen) atoms. The molecular formula is C21H30N2O2. The molecular weight excluding hydrogens is 312 g/mol. The number of ether oxygens (including phenoxy) is 1. The van der Waals surface area contributed by atoms with Gasteiger partial charge in [-0.3, -0.25) is 4.79 Å². The van der Waals surface area contributed by atoms with Gasteiger partial charge >= 0.3 is 0 Å². The minimum absolute atomic E-state index is 0.0358. The second-order valence-corrected chi connectivity index (χ2v) is 8.05. The number of carbonyl (C=O) groups excluding carboxylic acids is 1. The molecule has 2 aliphatic heterocycles. The molecule has 3 aliphatic rings. The molecule has 1 N–H and O–H groups in total. The number of piperidine rings is 1. The maximum Gasteiger partial charge on any atom is 0.251 e. The summed E-state index contributed by atoms with van der Waals surface area (Å²) < 4.78 is 5.74. The Kier molecular flexibility index (Phi) is 5.09. The lowest BCUT2D eigenvalue weighted by Gasteiger charge is -2.50. The SMILES string of the molecule is O=C(N[C@H]1COCCC12CCN(C1CCCC1)CC2)c1ccccc1. The van der Waals surface area contributed by atoms with Crippen molar-refractivity contribution in [2.24, 2.45) is 5.41 Å². The first-order valence-electron chi connectivity index (χ1n) is 9.95. The van der Waals surface area contributed by atoms with Gasteiger partial charge in [-0.05, 0) is 62.7 Å². The number of benzene rings is 1. The Morgan fingerprint density at radius 1 is 1.08 bits per heavy atom. The smallest absolute Gasteiger partial charge is 0.251 e. The second-order valence-electron chi connectivity index (χ2n) is 8.05. The fraction of sp³-hybridized carbons (Fsp3) is 0.667. The summed E-state index contributed by atoms with van der Waals surface area (Å²) in [6.07, 6.45) is 9.00. The van der Waals surface area contributed by atoms with Gasteiger partial charge in [0.25, 0.3) is 5.91 Å². The van der Waals surface area contributed by atoms with Gasteiger partial charge in [0.05, 0.1) is 12.6 Å². The molecule has 2 heterocycles. The van der Waals surface area contributed by atoms with Gasteiger partial charge in [0, 0.05) is 18.2 Å². The van der Waals surface area contributed by atoms with Crippen LogP contribution in [-0.2, 0) is 4.74 Å². The summed E-state index contributed by atoms with van der Waals surface area (Å²) in [5.74, 6) is 0.0358. The third-order valence-electron chi connectivity index (χ3n) is 6.74. The molecule has 1 spiro atoms. The van der Waals surface area contributed by atoms with Gasteiger partial charge in [-0.25, -0.2) is 0 Å². The lowest BCUT2D eigenvalue weighted by molar-refractivity contribution is -0.0530. The van der Waals surface area contributed by atoms with Crippen LogP contribution < -0.4 is 5.32 Å². The van der Waals surface area contributed by atoms with Crippen LogP contribution in [0.4, 0.5) is 0 Å². The highest BCUT2D eigenvalue weighted by Crippen LogP contribution is 2.42. The minimum Gasteiger partial charge on any atom is -0.379 e. The normalized spacial score (nSPS) is 27.4. The summed E-state index contributed by atoms with van der Waals surface area (Å²) in [5, 5.41) is 3.30. The van der Waals surface area contributed by atoms with Crippen molar-refractivity contribution in [1.29, 1.82) is 0 Å². The van der Waals surface area contributed by atoms with Crippen molar-refractivity contribution in [3.63, 3.8) is 0 Å². The van der Waals surface area contributed by atoms with E-state index in [0.717, 1.165) is 24.6 Å². The van der Waals surface area contributed by atoms with E-state index < -0.39 is 0 Å². The molecule has 1 atom stereocenters. The highest BCUT2D eigenvalue weighted by atomic mass is 16.5. The van der Waals surface area contributed by atoms with E-state index >= 15 is 0 Å². The van der Waals surface area contributed by atoms with Crippen molar-refractivity contribution < 1.29 is 9.53 Å². The summed E-state index contributed by atoms with van der Waals surface area (Å²) in [6, 6.07) is 10.5. The van der Waals surface area contributed by atoms with Crippen LogP contribution >= 0.6 is 0 Å². The highest BCUT2D eigenvalue weighted by Gasteiger charge is 2.45. The van der Waals surface area contributed by atoms with E-state index in [2.05, 4.69) is 10.2 Å². The Labute approximate surface area is 150 Å². The number of amides is 1. The van der Waals surface area contributed by atoms with Crippen molar-refractivity contribution in [1.82, 2.24) is 10.2 Å². The molecule has 4 rings (SSSR count). The van der Waals surface area contributed by atoms with Crippen LogP contribution in [0.1, 0.15) is 55.3 Å². The Balaban J connectivity index is 1.41. The number of hydrogen-bond acceptors (Lipinski definition) is 3. The Hall–Kier alpha value is -1.39. The van der Waals surface area contributed by atoms with E-state index in [4.69, 9.17) is 4.74 Å². The van der Waals surface area contributed by atoms with E-state index in [1.165, 1.54) is 51.6 Å². The summed E-state index contributed by atoms with van der Waals surface area (Å²) >= 11 is 0. The molecule has 0 radical (unpaired) electrons. The number of hydrogen-bond donors (Lipinski definition) is 1. The standard InChI is InChI=1S/C21H30N2O2/c24-20(17-6-2-1-3-7-17)22-19-16-25-15-12-21(19)10-13-23(14-11-21)18-8-4-5-9-18/h1-3,6-7,18-19H,4-5,8-16H2,(H,22,24)/t19-/m0/s1. The minimum atomic E-state index is 0.0358. The molecule has 0 aromatic heterocycles. The van der Waals surface area contributed by atoms with E-state index in [9.17, 15) is 4.79 Å². The van der Waals surface area contributed by atoms with Crippen LogP contribution in [0.5, 0.6) is 0 Å². The number of nitrogens with zero attached hydrogens (tertiary/aromatic N) is 1. The maximum atomic E-state index is 12.6. The number of carbonyl (C=O) groups is 1. The third-order valence-corrected chi connectivity index (χ3v) is 6.74. The van der Waals surface area contributed by atoms with E-state index in [-0.39, 0.29) is 17.4 Å². The molecule has 1 aliphatic carbocycles. The fourth-order valence-electron chi connectivity index (χ4n) is 5.06. The third kappa shape index (κ3) is 3.61. The predicted molar refractivity (Wildman–Crippen MR) is 98.6 cm³/mol. The quantitative estimate of drug-likeness (QED) is 0.917. The van der Waals surface area contributed by atoms with Gasteiger partial charge in [0.1, 0.15) is 0 Å². The van der Waals surface area contributed by atoms with Crippen molar-refractivity contribution >= 4 is 5.91 Å². The summed E-state index contributed by atoms with van der Waals surface area (Å²) in [7, 11) is 0. The van der Waals surface area contributed by atoms with Crippen LogP contribution in [0.3, 0.4) is 0 Å². The molecule has 2 saturated heterocycles. The van der Waals surface area contributed by atoms with Crippen LogP contribution in [0.15, 0.2) is 30.3 Å². The molecule has 0 unspecified atom stereocenters. The lowest BCUT2D eigenvalue weighted by atomic mass is 9.69. The first-order chi connectivity index (χ1) is 12.3. The number of likely N-dealkylation sites (tertiary alicyclic amines) is 1. The first-order valence-corrected chi connectivity index (χ1v) is 9.95. The van der Waals surface area contributed by atoms with Crippen molar-refractivity contribution in [3.8, 4) is 0 Å². The van der Waals surface area contributed by atoms with Gasteiger partial charge in [0.15, 0.2) is 0 Å². The molecule has 1 aromatic carbocycles. The van der Waals surface area contributed by atoms with E-state index in [1.54, 1.807) is 0 Å². The average molecular weight is 342 g/mol. The zero-order chi connectivity index (χ0) is 17.1. The molecule has 1 saturated carbocycles. The van der Waals surface area contributed by atoms with Gasteiger partial charge < -0.3 is 15.0 Å². The molecule has 3 fully saturated rings. The molecule has 4 nitrogen and oxygen atoms in total. The monoisotopic (exact) mass is 342 g/mol. The molecule has 1 aromatic rings. The largest absolute Gasteiger partial charge is 0.379 e. The van der Waals surface area contributed by atoms with Crippen molar-refractivity contribution in [2.75, 3.05) is 26.3 Å². The summed E-state index contributed by atoms with van der Waals surface area (Å²) in [6.45, 7) is 3.86. The van der Waals surface area contributed by atoms with Gasteiger partial charge in [-0.15, -0.1) is 0 Å². The van der Waals surface area contributed by atoms with Crippen LogP contribution in [0, 0.1) is 5.41 Å². The topological polar surface area (TPSA) is 41.6 Å². The van der Waals surface area contributed by atoms with Crippen molar-refractivity contribution in [3.05, 3.63) is 35.9 Å². The average Bonchev–Trinajstić information content (AvgIpc) is 3.20. The Morgan fingerprint density at radius 2 is 1.80 bits per heavy atom. The zero-order valence-corrected chi connectivity index (χ0v) is 15.1. The molecule has 1 amide bonds. The Bertz CT molecular complexity index is 575. The molecule has 0 bridgehead atoms. The van der Waals surface area contributed by atoms with Gasteiger partial charge in [-0.1, -0.05) is 31.0 Å². The fourth-order valence-corrected chi connectivity index (χ4v) is 5.06. The molecule has 4 heteroatoms. The van der Waals surface area contributed by atoms with Gasteiger partial charge in [-0.2, -0.15) is 0 Å². The van der Waals surface area contributed by atoms with Crippen LogP contribution in [0.25, 0.3) is 0 Å². The van der Waals surface area contributed by atoms with Crippen LogP contribution in [0.2, 0.25) is 0 Å². The number of nitrogens with one attached hydrogen (secondary N) is 1. The van der Waals surface area contributed by atoms with E-state index in [0.29, 0.717) is 6.61 Å². The summed E-state index contributed by atoms with van der Waals surface area (Å²) in [5.41, 5.74) is 0.962. The predicted octanol–water partition coefficient (Wildman–Crippen LogP) is 3.23. The Morgan fingerprint density at radius 3 is 2.52 bits per heavy atom. The second kappa shape index (κ2) is 7.46. The maximum absolute atomic E-state index is 12.6. The van der Waals surface area contributed by atoms with Crippen molar-refractivity contribution in [2.45, 2.75) is 57.0 Å². The van der Waals surface area contributed by atoms with Crippen LogP contribution in [-0.4, -0.2) is 49.2 Å². The zero-order valence-electron chi connectivity index (χ0n) is 15.1. The van der Waals surface area contributed by atoms with Gasteiger partial charge in [0.2, 0.25) is 0 Å². The first kappa shape index (κ1) is 17.0. The lowest BCUT2D eigenvalue weighted by Crippen LogP contribution is -2.58.